The van der Waals surface area contributed by atoms with Gasteiger partial charge >= 0.3 is 0 Å². The van der Waals surface area contributed by atoms with E-state index in [4.69, 9.17) is 11.6 Å². The van der Waals surface area contributed by atoms with Crippen molar-refractivity contribution >= 4 is 17.4 Å². The molecule has 0 rings (SSSR count). The molecule has 0 saturated carbocycles. The first-order chi connectivity index (χ1) is 4.16. The summed E-state index contributed by atoms with van der Waals surface area (Å²) in [4.78, 5) is 23.2. The Morgan fingerprint density at radius 2 is 2.33 bits per heavy atom. The Hall–Kier alpha value is -0.840. The molecule has 0 heterocycles. The fourth-order valence-corrected chi connectivity index (χ4v) is 0.240. The van der Waals surface area contributed by atoms with E-state index in [2.05, 4.69) is 4.84 Å². The molecule has 0 aliphatic rings. The fraction of sp³-hybridized carbons (Fsp3) is 0.667. The molecule has 0 fully saturated rings. The van der Waals surface area contributed by atoms with E-state index in [0.29, 0.717) is 0 Å². The number of hydrogen-bond donors (Lipinski definition) is 0. The summed E-state index contributed by atoms with van der Waals surface area (Å²) in [5.41, 5.74) is 0. The quantitative estimate of drug-likeness (QED) is 0.324. The first kappa shape index (κ1) is 8.16. The van der Waals surface area contributed by atoms with E-state index in [0.717, 1.165) is 0 Å². The van der Waals surface area contributed by atoms with Crippen LogP contribution < -0.4 is 0 Å². The molecule has 0 aliphatic carbocycles. The van der Waals surface area contributed by atoms with Crippen molar-refractivity contribution in [2.45, 2.75) is 0 Å². The molecule has 0 unspecified atom stereocenters. The maximum Gasteiger partial charge on any atom is 0.294 e. The second kappa shape index (κ2) is 4.08. The third kappa shape index (κ3) is 5.02. The van der Waals surface area contributed by atoms with Gasteiger partial charge in [-0.25, -0.2) is 0 Å². The van der Waals surface area contributed by atoms with Crippen LogP contribution in [0.25, 0.3) is 0 Å². The Morgan fingerprint density at radius 1 is 1.78 bits per heavy atom. The minimum atomic E-state index is -1.04. The van der Waals surface area contributed by atoms with Crippen molar-refractivity contribution in [3.8, 4) is 0 Å². The van der Waals surface area contributed by atoms with Crippen LogP contribution in [0.2, 0.25) is 0 Å². The predicted octanol–water partition coefficient (Wildman–Crippen LogP) is 0.00260. The molecule has 9 heavy (non-hydrogen) atoms. The van der Waals surface area contributed by atoms with E-state index in [-0.39, 0.29) is 5.88 Å². The summed E-state index contributed by atoms with van der Waals surface area (Å²) < 4.78 is 0. The Balaban J connectivity index is 3.28. The van der Waals surface area contributed by atoms with Gasteiger partial charge in [0.1, 0.15) is 0 Å². The lowest BCUT2D eigenvalue weighted by molar-refractivity contribution is -0.754. The summed E-state index contributed by atoms with van der Waals surface area (Å²) in [5, 5.41) is 8.37. The smallest absolute Gasteiger partial charge is 0.294 e. The van der Waals surface area contributed by atoms with Crippen LogP contribution in [0.5, 0.6) is 0 Å². The molecule has 0 saturated heterocycles. The van der Waals surface area contributed by atoms with Crippen LogP contribution in [0.4, 0.5) is 0 Å². The minimum Gasteiger partial charge on any atom is -0.306 e. The first-order valence-electron chi connectivity index (χ1n) is 2.01. The Labute approximate surface area is 55.7 Å². The van der Waals surface area contributed by atoms with Crippen LogP contribution in [-0.4, -0.2) is 23.4 Å². The van der Waals surface area contributed by atoms with Crippen LogP contribution >= 0.6 is 11.6 Å². The van der Waals surface area contributed by atoms with Crippen LogP contribution in [0.3, 0.4) is 0 Å². The van der Waals surface area contributed by atoms with Gasteiger partial charge in [-0.15, -0.1) is 21.7 Å². The summed E-state index contributed by atoms with van der Waals surface area (Å²) in [6.45, 7) is -0.559. The molecule has 0 N–H and O–H groups in total. The predicted molar refractivity (Wildman–Crippen MR) is 28.7 cm³/mol. The normalized spacial score (nSPS) is 8.56. The van der Waals surface area contributed by atoms with Crippen molar-refractivity contribution in [3.63, 3.8) is 0 Å². The zero-order valence-electron chi connectivity index (χ0n) is 4.37. The van der Waals surface area contributed by atoms with Gasteiger partial charge in [0, 0.05) is 0 Å². The van der Waals surface area contributed by atoms with E-state index in [9.17, 15) is 14.9 Å². The zero-order chi connectivity index (χ0) is 7.28. The van der Waals surface area contributed by atoms with Gasteiger partial charge in [0.15, 0.2) is 12.4 Å². The van der Waals surface area contributed by atoms with Crippen molar-refractivity contribution in [1.29, 1.82) is 0 Å². The molecule has 0 aromatic heterocycles. The summed E-state index contributed by atoms with van der Waals surface area (Å²) in [5.74, 6) is -0.762. The van der Waals surface area contributed by atoms with Gasteiger partial charge in [-0.05, 0) is 0 Å². The molecule has 0 radical (unpaired) electrons. The highest BCUT2D eigenvalue weighted by atomic mass is 35.5. The van der Waals surface area contributed by atoms with Crippen LogP contribution in [0.15, 0.2) is 0 Å². The molecule has 0 spiro atoms. The molecule has 0 aliphatic heterocycles. The monoisotopic (exact) mass is 153 g/mol. The molecule has 5 nitrogen and oxygen atoms in total. The lowest BCUT2D eigenvalue weighted by atomic mass is 10.5. The molecule has 0 amide bonds. The number of rotatable bonds is 4. The van der Waals surface area contributed by atoms with Crippen LogP contribution in [0.1, 0.15) is 0 Å². The van der Waals surface area contributed by atoms with Gasteiger partial charge in [0.2, 0.25) is 0 Å². The van der Waals surface area contributed by atoms with E-state index in [1.54, 1.807) is 0 Å². The SMILES string of the molecule is O=C(CCl)CO[N+](=O)[O-]. The Bertz CT molecular complexity index is 125. The van der Waals surface area contributed by atoms with Crippen molar-refractivity contribution in [2.24, 2.45) is 0 Å². The standard InChI is InChI=1S/C3H4ClNO4/c4-1-3(6)2-9-5(7)8/h1-2H2. The van der Waals surface area contributed by atoms with Crippen LogP contribution in [-0.2, 0) is 9.63 Å². The molecular formula is C3H4ClNO4. The molecule has 0 aromatic carbocycles. The number of Topliss-reactive ketones (excluding diaryl/α,β-unsaturated/α-hetero) is 1. The number of ketones is 1. The third-order valence-corrected chi connectivity index (χ3v) is 0.778. The molecule has 0 bridgehead atoms. The highest BCUT2D eigenvalue weighted by Gasteiger charge is 2.01. The van der Waals surface area contributed by atoms with Crippen LogP contribution in [0, 0.1) is 10.1 Å². The third-order valence-electron chi connectivity index (χ3n) is 0.480. The summed E-state index contributed by atoms with van der Waals surface area (Å²) in [6.07, 6.45) is 0. The molecule has 0 aromatic rings. The lowest BCUT2D eigenvalue weighted by Crippen LogP contribution is -2.12. The first-order valence-corrected chi connectivity index (χ1v) is 2.55. The topological polar surface area (TPSA) is 69.4 Å². The summed E-state index contributed by atoms with van der Waals surface area (Å²) >= 11 is 4.98. The average molecular weight is 154 g/mol. The highest BCUT2D eigenvalue weighted by molar-refractivity contribution is 6.27. The van der Waals surface area contributed by atoms with Gasteiger partial charge in [-0.3, -0.25) is 4.79 Å². The van der Waals surface area contributed by atoms with E-state index in [1.165, 1.54) is 0 Å². The Kier molecular flexibility index (Phi) is 3.70. The summed E-state index contributed by atoms with van der Waals surface area (Å²) in [6, 6.07) is 0. The number of carbonyl (C=O) groups is 1. The second-order valence-corrected chi connectivity index (χ2v) is 1.44. The van der Waals surface area contributed by atoms with Gasteiger partial charge in [0.25, 0.3) is 5.09 Å². The molecule has 0 atom stereocenters. The van der Waals surface area contributed by atoms with Crippen molar-refractivity contribution in [3.05, 3.63) is 10.1 Å². The average Bonchev–Trinajstić information content (AvgIpc) is 1.83. The number of carbonyl (C=O) groups excluding carboxylic acids is 1. The zero-order valence-corrected chi connectivity index (χ0v) is 5.13. The van der Waals surface area contributed by atoms with E-state index < -0.39 is 17.5 Å². The summed E-state index contributed by atoms with van der Waals surface area (Å²) in [7, 11) is 0. The second-order valence-electron chi connectivity index (χ2n) is 1.17. The number of hydrogen-bond acceptors (Lipinski definition) is 4. The van der Waals surface area contributed by atoms with Crippen molar-refractivity contribution in [1.82, 2.24) is 0 Å². The number of alkyl halides is 1. The maximum atomic E-state index is 10.2. The highest BCUT2D eigenvalue weighted by Crippen LogP contribution is 1.81. The molecule has 6 heteroatoms. The fourth-order valence-electron chi connectivity index (χ4n) is 0.163. The van der Waals surface area contributed by atoms with E-state index in [1.807, 2.05) is 0 Å². The van der Waals surface area contributed by atoms with Crippen molar-refractivity contribution in [2.75, 3.05) is 12.5 Å². The maximum absolute atomic E-state index is 10.2. The number of nitrogens with zero attached hydrogens (tertiary/aromatic N) is 1. The van der Waals surface area contributed by atoms with E-state index >= 15 is 0 Å². The Morgan fingerprint density at radius 3 is 2.67 bits per heavy atom. The van der Waals surface area contributed by atoms with Gasteiger partial charge in [-0.1, -0.05) is 0 Å². The molecule has 52 valence electrons. The van der Waals surface area contributed by atoms with Crippen molar-refractivity contribution < 1.29 is 14.7 Å². The largest absolute Gasteiger partial charge is 0.306 e. The number of halogens is 1. The minimum absolute atomic E-state index is 0.256. The molecular weight excluding hydrogens is 149 g/mol. The van der Waals surface area contributed by atoms with Gasteiger partial charge in [0.05, 0.1) is 5.88 Å². The van der Waals surface area contributed by atoms with Gasteiger partial charge in [-0.2, -0.15) is 0 Å². The lowest BCUT2D eigenvalue weighted by Gasteiger charge is -1.91. The van der Waals surface area contributed by atoms with Gasteiger partial charge < -0.3 is 4.84 Å².